The minimum absolute atomic E-state index is 0.419. The van der Waals surface area contributed by atoms with Gasteiger partial charge in [0.15, 0.2) is 0 Å². The fraction of sp³-hybridized carbons (Fsp3) is 0.556. The smallest absolute Gasteiger partial charge is 0.336 e. The van der Waals surface area contributed by atoms with Crippen LogP contribution in [-0.2, 0) is 4.79 Å². The number of carboxylic acids is 1. The van der Waals surface area contributed by atoms with Crippen molar-refractivity contribution >= 4 is 16.9 Å². The Hall–Kier alpha value is -2.36. The fourth-order valence-corrected chi connectivity index (χ4v) is 3.97. The number of unbranched alkanes of at least 4 members (excludes halogenated alkanes) is 10. The normalized spacial score (nSPS) is 12.5. The summed E-state index contributed by atoms with van der Waals surface area (Å²) in [6.07, 6.45) is 19.8. The van der Waals surface area contributed by atoms with E-state index in [2.05, 4.69) is 19.1 Å². The maximum Gasteiger partial charge on any atom is 0.336 e. The van der Waals surface area contributed by atoms with Gasteiger partial charge >= 0.3 is 11.6 Å². The molecule has 1 heterocycles. The molecule has 0 saturated carbocycles. The highest BCUT2D eigenvalue weighted by molar-refractivity contribution is 5.81. The molecule has 1 aromatic heterocycles. The molecule has 170 valence electrons. The van der Waals surface area contributed by atoms with Crippen molar-refractivity contribution in [1.29, 1.82) is 0 Å². The van der Waals surface area contributed by atoms with E-state index in [1.165, 1.54) is 51.0 Å². The number of aliphatic carboxylic acids is 1. The van der Waals surface area contributed by atoms with Crippen LogP contribution in [0.15, 0.2) is 51.7 Å². The highest BCUT2D eigenvalue weighted by Crippen LogP contribution is 2.26. The second-order valence-corrected chi connectivity index (χ2v) is 8.46. The van der Waals surface area contributed by atoms with Gasteiger partial charge in [-0.3, -0.25) is 4.79 Å². The third-order valence-electron chi connectivity index (χ3n) is 5.85. The Bertz CT molecular complexity index is 865. The molecule has 0 bridgehead atoms. The van der Waals surface area contributed by atoms with Gasteiger partial charge in [0.1, 0.15) is 5.58 Å². The molecule has 0 aliphatic rings. The van der Waals surface area contributed by atoms with Crippen LogP contribution in [0.4, 0.5) is 0 Å². The van der Waals surface area contributed by atoms with Crippen molar-refractivity contribution in [1.82, 2.24) is 0 Å². The standard InChI is InChI=1S/C27H38O4/c1-2-3-4-5-6-7-8-9-10-11-12-13-14-15-16-24(27(29)30)23-18-17-22-19-20-26(28)31-25(22)21-23/h9-10,17-21,24H,2-8,11-16H2,1H3,(H,29,30)/b10-9-. The van der Waals surface area contributed by atoms with Crippen molar-refractivity contribution < 1.29 is 14.3 Å². The van der Waals surface area contributed by atoms with E-state index in [1.54, 1.807) is 12.1 Å². The fourth-order valence-electron chi connectivity index (χ4n) is 3.97. The lowest BCUT2D eigenvalue weighted by molar-refractivity contribution is -0.139. The molecule has 1 atom stereocenters. The van der Waals surface area contributed by atoms with Crippen LogP contribution in [0.2, 0.25) is 0 Å². The molecule has 1 unspecified atom stereocenters. The summed E-state index contributed by atoms with van der Waals surface area (Å²) in [7, 11) is 0. The number of carboxylic acid groups (broad SMARTS) is 1. The molecule has 0 amide bonds. The van der Waals surface area contributed by atoms with Crippen LogP contribution in [0.5, 0.6) is 0 Å². The number of hydrogen-bond acceptors (Lipinski definition) is 3. The average Bonchev–Trinajstić information content (AvgIpc) is 2.75. The summed E-state index contributed by atoms with van der Waals surface area (Å²) in [6, 6.07) is 8.42. The quantitative estimate of drug-likeness (QED) is 0.170. The largest absolute Gasteiger partial charge is 0.481 e. The molecule has 4 nitrogen and oxygen atoms in total. The number of rotatable bonds is 16. The second kappa shape index (κ2) is 14.6. The summed E-state index contributed by atoms with van der Waals surface area (Å²) in [6.45, 7) is 2.25. The molecule has 0 aliphatic heterocycles. The van der Waals surface area contributed by atoms with E-state index in [-0.39, 0.29) is 0 Å². The summed E-state index contributed by atoms with van der Waals surface area (Å²) in [5, 5.41) is 10.5. The van der Waals surface area contributed by atoms with Crippen molar-refractivity contribution in [2.75, 3.05) is 0 Å². The van der Waals surface area contributed by atoms with E-state index in [4.69, 9.17) is 4.42 Å². The van der Waals surface area contributed by atoms with E-state index < -0.39 is 17.5 Å². The van der Waals surface area contributed by atoms with Crippen LogP contribution < -0.4 is 5.63 Å². The molecular formula is C27H38O4. The first-order valence-electron chi connectivity index (χ1n) is 12.0. The highest BCUT2D eigenvalue weighted by Gasteiger charge is 2.20. The maximum atomic E-state index is 11.8. The third-order valence-corrected chi connectivity index (χ3v) is 5.85. The van der Waals surface area contributed by atoms with Crippen molar-refractivity contribution in [2.24, 2.45) is 0 Å². The van der Waals surface area contributed by atoms with Gasteiger partial charge in [-0.15, -0.1) is 0 Å². The van der Waals surface area contributed by atoms with Crippen LogP contribution in [-0.4, -0.2) is 11.1 Å². The van der Waals surface area contributed by atoms with Crippen LogP contribution in [0.25, 0.3) is 11.0 Å². The molecule has 0 radical (unpaired) electrons. The Morgan fingerprint density at radius 3 is 2.19 bits per heavy atom. The van der Waals surface area contributed by atoms with Crippen LogP contribution in [0.3, 0.4) is 0 Å². The molecular weight excluding hydrogens is 388 g/mol. The predicted molar refractivity (Wildman–Crippen MR) is 128 cm³/mol. The number of hydrogen-bond donors (Lipinski definition) is 1. The van der Waals surface area contributed by atoms with Gasteiger partial charge in [0.25, 0.3) is 0 Å². The monoisotopic (exact) mass is 426 g/mol. The zero-order valence-corrected chi connectivity index (χ0v) is 19.0. The summed E-state index contributed by atoms with van der Waals surface area (Å²) in [5.74, 6) is -1.39. The minimum atomic E-state index is -0.824. The first-order chi connectivity index (χ1) is 15.1. The van der Waals surface area contributed by atoms with Crippen LogP contribution in [0, 0.1) is 0 Å². The molecule has 1 aromatic carbocycles. The average molecular weight is 427 g/mol. The van der Waals surface area contributed by atoms with Gasteiger partial charge in [-0.05, 0) is 49.8 Å². The topological polar surface area (TPSA) is 67.5 Å². The Balaban J connectivity index is 1.63. The number of benzene rings is 1. The molecule has 0 aliphatic carbocycles. The molecule has 4 heteroatoms. The zero-order valence-electron chi connectivity index (χ0n) is 19.0. The molecule has 1 N–H and O–H groups in total. The van der Waals surface area contributed by atoms with Gasteiger partial charge in [0, 0.05) is 11.5 Å². The van der Waals surface area contributed by atoms with Crippen molar-refractivity contribution in [3.8, 4) is 0 Å². The lowest BCUT2D eigenvalue weighted by Gasteiger charge is -2.13. The summed E-state index contributed by atoms with van der Waals surface area (Å²) < 4.78 is 5.20. The van der Waals surface area contributed by atoms with Gasteiger partial charge in [-0.2, -0.15) is 0 Å². The SMILES string of the molecule is CCCCCCCC/C=C\CCCCCCC(C(=O)O)c1ccc2ccc(=O)oc2c1. The van der Waals surface area contributed by atoms with Gasteiger partial charge < -0.3 is 9.52 Å². The molecule has 0 spiro atoms. The molecule has 31 heavy (non-hydrogen) atoms. The summed E-state index contributed by atoms with van der Waals surface area (Å²) in [4.78, 5) is 23.2. The van der Waals surface area contributed by atoms with Gasteiger partial charge in [0.2, 0.25) is 0 Å². The molecule has 2 aromatic rings. The molecule has 0 fully saturated rings. The van der Waals surface area contributed by atoms with Gasteiger partial charge in [0.05, 0.1) is 5.92 Å². The predicted octanol–water partition coefficient (Wildman–Crippen LogP) is 7.61. The van der Waals surface area contributed by atoms with Gasteiger partial charge in [-0.1, -0.05) is 82.6 Å². The maximum absolute atomic E-state index is 11.8. The first kappa shape index (κ1) is 24.9. The van der Waals surface area contributed by atoms with Crippen LogP contribution in [0.1, 0.15) is 102 Å². The minimum Gasteiger partial charge on any atom is -0.481 e. The Kier molecular flexibility index (Phi) is 11.7. The first-order valence-corrected chi connectivity index (χ1v) is 12.0. The Morgan fingerprint density at radius 2 is 1.52 bits per heavy atom. The number of carbonyl (C=O) groups is 1. The van der Waals surface area contributed by atoms with Crippen molar-refractivity contribution in [3.63, 3.8) is 0 Å². The number of fused-ring (bicyclic) bond motifs is 1. The van der Waals surface area contributed by atoms with E-state index >= 15 is 0 Å². The second-order valence-electron chi connectivity index (χ2n) is 8.46. The lowest BCUT2D eigenvalue weighted by atomic mass is 9.92. The summed E-state index contributed by atoms with van der Waals surface area (Å²) in [5.41, 5.74) is 0.730. The van der Waals surface area contributed by atoms with E-state index in [0.717, 1.165) is 37.5 Å². The van der Waals surface area contributed by atoms with Crippen LogP contribution >= 0.6 is 0 Å². The Labute approximate surface area is 186 Å². The van der Waals surface area contributed by atoms with Gasteiger partial charge in [-0.25, -0.2) is 4.79 Å². The lowest BCUT2D eigenvalue weighted by Crippen LogP contribution is -2.11. The highest BCUT2D eigenvalue weighted by atomic mass is 16.4. The zero-order chi connectivity index (χ0) is 22.3. The molecule has 2 rings (SSSR count). The number of allylic oxidation sites excluding steroid dienone is 2. The third kappa shape index (κ3) is 9.54. The molecule has 0 saturated heterocycles. The van der Waals surface area contributed by atoms with E-state index in [0.29, 0.717) is 17.6 Å². The summed E-state index contributed by atoms with van der Waals surface area (Å²) >= 11 is 0. The van der Waals surface area contributed by atoms with E-state index in [9.17, 15) is 14.7 Å². The Morgan fingerprint density at radius 1 is 0.903 bits per heavy atom. The van der Waals surface area contributed by atoms with Crippen molar-refractivity contribution in [2.45, 2.75) is 96.3 Å². The van der Waals surface area contributed by atoms with E-state index in [1.807, 2.05) is 12.1 Å². The van der Waals surface area contributed by atoms with Crippen molar-refractivity contribution in [3.05, 3.63) is 58.5 Å².